The molecule has 0 saturated carbocycles. The highest BCUT2D eigenvalue weighted by Crippen LogP contribution is 2.42. The Hall–Kier alpha value is -2.73. The molecule has 1 fully saturated rings. The molecule has 13 heteroatoms. The standard InChI is InChI=1S/C15H11BrClFN4O6/c16-6-3-7-10(12(18)11(6)17)13(8(4-19-7)22(27)28)21-2-1-20(15(25)26)5-9(21)14(23)24/h3-4,9H,1-2,5H2,(H,23,24)(H,25,26)/t9-/m1/s1. The molecule has 3 rings (SSSR count). The second-order valence-corrected chi connectivity index (χ2v) is 7.14. The molecule has 2 N–H and O–H groups in total. The van der Waals surface area contributed by atoms with E-state index in [0.29, 0.717) is 0 Å². The number of pyridine rings is 1. The summed E-state index contributed by atoms with van der Waals surface area (Å²) in [5, 5.41) is 29.6. The molecule has 1 aromatic carbocycles. The lowest BCUT2D eigenvalue weighted by Gasteiger charge is -2.39. The third-order valence-corrected chi connectivity index (χ3v) is 5.59. The first kappa shape index (κ1) is 20.0. The highest BCUT2D eigenvalue weighted by atomic mass is 79.9. The summed E-state index contributed by atoms with van der Waals surface area (Å²) in [5.74, 6) is -2.41. The van der Waals surface area contributed by atoms with Crippen molar-refractivity contribution in [1.29, 1.82) is 0 Å². The van der Waals surface area contributed by atoms with Gasteiger partial charge in [0.2, 0.25) is 0 Å². The van der Waals surface area contributed by atoms with E-state index in [1.54, 1.807) is 0 Å². The highest BCUT2D eigenvalue weighted by Gasteiger charge is 2.39. The molecule has 10 nitrogen and oxygen atoms in total. The summed E-state index contributed by atoms with van der Waals surface area (Å²) < 4.78 is 15.1. The Kier molecular flexibility index (Phi) is 5.26. The fraction of sp³-hybridized carbons (Fsp3) is 0.267. The number of rotatable bonds is 3. The minimum atomic E-state index is -1.46. The molecule has 0 spiro atoms. The third-order valence-electron chi connectivity index (χ3n) is 4.37. The molecule has 1 aliphatic heterocycles. The molecule has 148 valence electrons. The molecule has 28 heavy (non-hydrogen) atoms. The Balaban J connectivity index is 2.29. The first-order chi connectivity index (χ1) is 13.1. The van der Waals surface area contributed by atoms with Crippen molar-refractivity contribution in [2.45, 2.75) is 6.04 Å². The average molecular weight is 478 g/mol. The van der Waals surface area contributed by atoms with Crippen LogP contribution in [0.1, 0.15) is 0 Å². The summed E-state index contributed by atoms with van der Waals surface area (Å²) in [6.45, 7) is -0.764. The lowest BCUT2D eigenvalue weighted by molar-refractivity contribution is -0.384. The number of halogens is 3. The molecule has 0 unspecified atom stereocenters. The Morgan fingerprint density at radius 2 is 2.07 bits per heavy atom. The van der Waals surface area contributed by atoms with E-state index in [4.69, 9.17) is 16.7 Å². The first-order valence-corrected chi connectivity index (χ1v) is 8.88. The van der Waals surface area contributed by atoms with E-state index < -0.39 is 41.1 Å². The molecule has 0 bridgehead atoms. The van der Waals surface area contributed by atoms with E-state index in [9.17, 15) is 29.2 Å². The lowest BCUT2D eigenvalue weighted by atomic mass is 10.1. The number of fused-ring (bicyclic) bond motifs is 1. The number of piperazine rings is 1. The first-order valence-electron chi connectivity index (χ1n) is 7.71. The molecule has 1 amide bonds. The summed E-state index contributed by atoms with van der Waals surface area (Å²) in [6.07, 6.45) is -0.418. The van der Waals surface area contributed by atoms with Crippen molar-refractivity contribution in [3.63, 3.8) is 0 Å². The summed E-state index contributed by atoms with van der Waals surface area (Å²) in [7, 11) is 0. The predicted molar refractivity (Wildman–Crippen MR) is 99.4 cm³/mol. The van der Waals surface area contributed by atoms with E-state index >= 15 is 0 Å². The maximum absolute atomic E-state index is 14.9. The molecular weight excluding hydrogens is 467 g/mol. The maximum Gasteiger partial charge on any atom is 0.407 e. The number of nitro groups is 1. The van der Waals surface area contributed by atoms with Crippen molar-refractivity contribution >= 4 is 61.9 Å². The van der Waals surface area contributed by atoms with Crippen molar-refractivity contribution in [3.8, 4) is 0 Å². The number of carboxylic acids is 1. The number of benzene rings is 1. The fourth-order valence-corrected chi connectivity index (χ4v) is 3.63. The van der Waals surface area contributed by atoms with E-state index in [1.165, 1.54) is 6.07 Å². The van der Waals surface area contributed by atoms with Crippen LogP contribution in [0.5, 0.6) is 0 Å². The van der Waals surface area contributed by atoms with Crippen molar-refractivity contribution in [3.05, 3.63) is 37.7 Å². The Labute approximate surface area is 169 Å². The van der Waals surface area contributed by atoms with Crippen LogP contribution in [0.25, 0.3) is 10.9 Å². The van der Waals surface area contributed by atoms with E-state index in [0.717, 1.165) is 16.0 Å². The fourth-order valence-electron chi connectivity index (χ4n) is 3.09. The molecule has 0 radical (unpaired) electrons. The molecule has 1 aliphatic rings. The second-order valence-electron chi connectivity index (χ2n) is 5.91. The average Bonchev–Trinajstić information content (AvgIpc) is 2.64. The predicted octanol–water partition coefficient (Wildman–Crippen LogP) is 2.95. The molecule has 1 aromatic heterocycles. The van der Waals surface area contributed by atoms with E-state index in [-0.39, 0.29) is 39.2 Å². The van der Waals surface area contributed by atoms with Crippen LogP contribution in [0.4, 0.5) is 20.6 Å². The van der Waals surface area contributed by atoms with Gasteiger partial charge in [-0.25, -0.2) is 19.0 Å². The van der Waals surface area contributed by atoms with Gasteiger partial charge in [0.1, 0.15) is 17.9 Å². The van der Waals surface area contributed by atoms with Gasteiger partial charge in [-0.05, 0) is 22.0 Å². The SMILES string of the molecule is O=C(O)[C@H]1CN(C(=O)O)CCN1c1c([N+](=O)[O-])cnc2cc(Br)c(Cl)c(F)c12. The topological polar surface area (TPSA) is 137 Å². The third kappa shape index (κ3) is 3.29. The quantitative estimate of drug-likeness (QED) is 0.391. The minimum absolute atomic E-state index is 0.0270. The van der Waals surface area contributed by atoms with Crippen LogP contribution >= 0.6 is 27.5 Å². The van der Waals surface area contributed by atoms with Crippen LogP contribution in [-0.4, -0.2) is 62.8 Å². The van der Waals surface area contributed by atoms with Crippen LogP contribution in [0.2, 0.25) is 5.02 Å². The van der Waals surface area contributed by atoms with Crippen LogP contribution in [0, 0.1) is 15.9 Å². The van der Waals surface area contributed by atoms with Gasteiger partial charge in [-0.3, -0.25) is 10.1 Å². The van der Waals surface area contributed by atoms with Gasteiger partial charge in [-0.1, -0.05) is 11.6 Å². The Bertz CT molecular complexity index is 1020. The zero-order chi connectivity index (χ0) is 20.7. The molecule has 1 atom stereocenters. The van der Waals surface area contributed by atoms with Gasteiger partial charge in [-0.15, -0.1) is 0 Å². The molecule has 1 saturated heterocycles. The number of carboxylic acid groups (broad SMARTS) is 2. The second kappa shape index (κ2) is 7.36. The number of nitrogens with zero attached hydrogens (tertiary/aromatic N) is 4. The normalized spacial score (nSPS) is 17.0. The molecule has 2 heterocycles. The van der Waals surface area contributed by atoms with Crippen molar-refractivity contribution in [2.75, 3.05) is 24.5 Å². The van der Waals surface area contributed by atoms with Crippen LogP contribution < -0.4 is 4.90 Å². The van der Waals surface area contributed by atoms with E-state index in [2.05, 4.69) is 20.9 Å². The zero-order valence-corrected chi connectivity index (χ0v) is 16.1. The number of carbonyl (C=O) groups is 2. The molecule has 2 aromatic rings. The van der Waals surface area contributed by atoms with Crippen molar-refractivity contribution in [1.82, 2.24) is 9.88 Å². The minimum Gasteiger partial charge on any atom is -0.480 e. The van der Waals surface area contributed by atoms with Gasteiger partial charge in [-0.2, -0.15) is 0 Å². The van der Waals surface area contributed by atoms with Crippen LogP contribution in [-0.2, 0) is 4.79 Å². The maximum atomic E-state index is 14.9. The zero-order valence-electron chi connectivity index (χ0n) is 13.8. The van der Waals surface area contributed by atoms with Crippen LogP contribution in [0.3, 0.4) is 0 Å². The number of aromatic nitrogens is 1. The number of anilines is 1. The van der Waals surface area contributed by atoms with E-state index in [1.807, 2.05) is 0 Å². The van der Waals surface area contributed by atoms with Crippen molar-refractivity contribution in [2.24, 2.45) is 0 Å². The molecular formula is C15H11BrClFN4O6. The van der Waals surface area contributed by atoms with Crippen LogP contribution in [0.15, 0.2) is 16.7 Å². The van der Waals surface area contributed by atoms with Crippen molar-refractivity contribution < 1.29 is 29.1 Å². The highest BCUT2D eigenvalue weighted by molar-refractivity contribution is 9.10. The summed E-state index contributed by atoms with van der Waals surface area (Å²) in [6, 6.07) is -0.104. The van der Waals surface area contributed by atoms with Gasteiger partial charge >= 0.3 is 17.7 Å². The summed E-state index contributed by atoms with van der Waals surface area (Å²) in [4.78, 5) is 39.6. The van der Waals surface area contributed by atoms with Gasteiger partial charge < -0.3 is 20.0 Å². The van der Waals surface area contributed by atoms with Gasteiger partial charge in [0.05, 0.1) is 27.4 Å². The number of aliphatic carboxylic acids is 1. The number of amides is 1. The van der Waals surface area contributed by atoms with Gasteiger partial charge in [0.25, 0.3) is 0 Å². The summed E-state index contributed by atoms with van der Waals surface area (Å²) in [5.41, 5.74) is -0.890. The number of hydrogen-bond acceptors (Lipinski definition) is 6. The smallest absolute Gasteiger partial charge is 0.407 e. The Morgan fingerprint density at radius 3 is 2.64 bits per heavy atom. The molecule has 0 aliphatic carbocycles. The summed E-state index contributed by atoms with van der Waals surface area (Å²) >= 11 is 8.99. The Morgan fingerprint density at radius 1 is 1.39 bits per heavy atom. The lowest BCUT2D eigenvalue weighted by Crippen LogP contribution is -2.58. The largest absolute Gasteiger partial charge is 0.480 e. The number of hydrogen-bond donors (Lipinski definition) is 2. The van der Waals surface area contributed by atoms with Gasteiger partial charge in [0, 0.05) is 17.6 Å². The van der Waals surface area contributed by atoms with Gasteiger partial charge in [0.15, 0.2) is 5.82 Å². The monoisotopic (exact) mass is 476 g/mol.